The highest BCUT2D eigenvalue weighted by Crippen LogP contribution is 2.62. The van der Waals surface area contributed by atoms with E-state index in [1.54, 1.807) is 18.2 Å². The smallest absolute Gasteiger partial charge is 0.341 e. The maximum absolute atomic E-state index is 12.2. The fourth-order valence-corrected chi connectivity index (χ4v) is 3.55. The molecule has 2 aliphatic carbocycles. The maximum atomic E-state index is 12.2. The first-order valence-corrected chi connectivity index (χ1v) is 7.80. The molecule has 0 heterocycles. The van der Waals surface area contributed by atoms with Crippen LogP contribution < -0.4 is 10.1 Å². The second kappa shape index (κ2) is 5.99. The summed E-state index contributed by atoms with van der Waals surface area (Å²) in [5, 5.41) is 11.6. The summed E-state index contributed by atoms with van der Waals surface area (Å²) in [6.45, 7) is 0.0933. The highest BCUT2D eigenvalue weighted by Gasteiger charge is 2.58. The van der Waals surface area contributed by atoms with E-state index in [0.29, 0.717) is 17.7 Å². The molecule has 1 atom stereocenters. The molecule has 0 radical (unpaired) electrons. The molecular formula is C17H21NO4. The Morgan fingerprint density at radius 3 is 2.82 bits per heavy atom. The van der Waals surface area contributed by atoms with Crippen LogP contribution >= 0.6 is 0 Å². The number of carboxylic acid groups (broad SMARTS) is 1. The van der Waals surface area contributed by atoms with Crippen molar-refractivity contribution in [3.8, 4) is 5.75 Å². The summed E-state index contributed by atoms with van der Waals surface area (Å²) in [5.74, 6) is -0.151. The van der Waals surface area contributed by atoms with Crippen molar-refractivity contribution in [1.29, 1.82) is 0 Å². The summed E-state index contributed by atoms with van der Waals surface area (Å²) in [6.07, 6.45) is 5.95. The first-order chi connectivity index (χ1) is 10.6. The third-order valence-corrected chi connectivity index (χ3v) is 4.83. The van der Waals surface area contributed by atoms with Crippen molar-refractivity contribution in [2.75, 3.05) is 6.61 Å². The van der Waals surface area contributed by atoms with Crippen molar-refractivity contribution in [3.05, 3.63) is 29.8 Å². The van der Waals surface area contributed by atoms with Gasteiger partial charge in [0.25, 0.3) is 0 Å². The monoisotopic (exact) mass is 303 g/mol. The van der Waals surface area contributed by atoms with E-state index in [4.69, 9.17) is 9.84 Å². The van der Waals surface area contributed by atoms with Crippen LogP contribution in [-0.4, -0.2) is 23.6 Å². The van der Waals surface area contributed by atoms with E-state index in [-0.39, 0.29) is 18.4 Å². The molecule has 1 aromatic carbocycles. The number of benzene rings is 1. The topological polar surface area (TPSA) is 75.6 Å². The van der Waals surface area contributed by atoms with Gasteiger partial charge in [-0.2, -0.15) is 0 Å². The Morgan fingerprint density at radius 2 is 2.09 bits per heavy atom. The SMILES string of the molecule is O=C(O)COc1cccc(CNC(=O)C2CC23CCCC3)c1. The maximum Gasteiger partial charge on any atom is 0.341 e. The van der Waals surface area contributed by atoms with Crippen molar-refractivity contribution in [2.45, 2.75) is 38.6 Å². The molecule has 22 heavy (non-hydrogen) atoms. The molecule has 2 fully saturated rings. The number of carbonyl (C=O) groups is 2. The fraction of sp³-hybridized carbons (Fsp3) is 0.529. The van der Waals surface area contributed by atoms with E-state index < -0.39 is 5.97 Å². The van der Waals surface area contributed by atoms with Crippen LogP contribution in [0.1, 0.15) is 37.7 Å². The van der Waals surface area contributed by atoms with E-state index in [9.17, 15) is 9.59 Å². The quantitative estimate of drug-likeness (QED) is 0.846. The van der Waals surface area contributed by atoms with Crippen LogP contribution in [-0.2, 0) is 16.1 Å². The van der Waals surface area contributed by atoms with E-state index >= 15 is 0 Å². The van der Waals surface area contributed by atoms with Gasteiger partial charge < -0.3 is 15.2 Å². The molecule has 118 valence electrons. The average molecular weight is 303 g/mol. The molecule has 0 aliphatic heterocycles. The van der Waals surface area contributed by atoms with Crippen LogP contribution in [0.2, 0.25) is 0 Å². The largest absolute Gasteiger partial charge is 0.482 e. The number of nitrogens with one attached hydrogen (secondary N) is 1. The Labute approximate surface area is 129 Å². The van der Waals surface area contributed by atoms with Crippen molar-refractivity contribution in [2.24, 2.45) is 11.3 Å². The lowest BCUT2D eigenvalue weighted by molar-refractivity contribution is -0.139. The summed E-state index contributed by atoms with van der Waals surface area (Å²) in [6, 6.07) is 7.17. The van der Waals surface area contributed by atoms with Crippen LogP contribution in [0.15, 0.2) is 24.3 Å². The summed E-state index contributed by atoms with van der Waals surface area (Å²) in [5.41, 5.74) is 1.23. The highest BCUT2D eigenvalue weighted by molar-refractivity contribution is 5.82. The number of carbonyl (C=O) groups excluding carboxylic acids is 1. The molecule has 0 saturated heterocycles. The molecule has 1 amide bonds. The van der Waals surface area contributed by atoms with Gasteiger partial charge in [0.15, 0.2) is 6.61 Å². The minimum Gasteiger partial charge on any atom is -0.482 e. The molecule has 2 N–H and O–H groups in total. The number of hydrogen-bond donors (Lipinski definition) is 2. The molecular weight excluding hydrogens is 282 g/mol. The number of amides is 1. The third-order valence-electron chi connectivity index (χ3n) is 4.83. The molecule has 5 nitrogen and oxygen atoms in total. The Hall–Kier alpha value is -2.04. The van der Waals surface area contributed by atoms with Gasteiger partial charge >= 0.3 is 5.97 Å². The van der Waals surface area contributed by atoms with Crippen molar-refractivity contribution >= 4 is 11.9 Å². The van der Waals surface area contributed by atoms with Crippen LogP contribution in [0, 0.1) is 11.3 Å². The van der Waals surface area contributed by atoms with Crippen LogP contribution in [0.4, 0.5) is 0 Å². The number of rotatable bonds is 6. The predicted molar refractivity (Wildman–Crippen MR) is 80.4 cm³/mol. The van der Waals surface area contributed by atoms with Crippen molar-refractivity contribution < 1.29 is 19.4 Å². The average Bonchev–Trinajstić information content (AvgIpc) is 3.00. The molecule has 1 unspecified atom stereocenters. The Morgan fingerprint density at radius 1 is 1.32 bits per heavy atom. The first-order valence-electron chi connectivity index (χ1n) is 7.80. The second-order valence-corrected chi connectivity index (χ2v) is 6.37. The number of aliphatic carboxylic acids is 1. The van der Waals surface area contributed by atoms with Gasteiger partial charge in [-0.25, -0.2) is 4.79 Å². The Bertz CT molecular complexity index is 578. The summed E-state index contributed by atoms with van der Waals surface area (Å²) in [7, 11) is 0. The van der Waals surface area contributed by atoms with E-state index in [1.807, 2.05) is 6.07 Å². The first kappa shape index (κ1) is 14.9. The van der Waals surface area contributed by atoms with Gasteiger partial charge in [-0.1, -0.05) is 25.0 Å². The minimum absolute atomic E-state index is 0.152. The fourth-order valence-electron chi connectivity index (χ4n) is 3.55. The van der Waals surface area contributed by atoms with E-state index in [0.717, 1.165) is 12.0 Å². The van der Waals surface area contributed by atoms with Gasteiger partial charge in [0.2, 0.25) is 5.91 Å². The number of ether oxygens (including phenoxy) is 1. The standard InChI is InChI=1S/C17H21NO4/c19-15(20)11-22-13-5-3-4-12(8-13)10-18-16(21)14-9-17(14)6-1-2-7-17/h3-5,8,14H,1-2,6-7,9-11H2,(H,18,21)(H,19,20). The molecule has 3 rings (SSSR count). The Kier molecular flexibility index (Phi) is 4.05. The lowest BCUT2D eigenvalue weighted by atomic mass is 10.0. The van der Waals surface area contributed by atoms with Gasteiger partial charge in [-0.15, -0.1) is 0 Å². The van der Waals surface area contributed by atoms with Crippen LogP contribution in [0.3, 0.4) is 0 Å². The van der Waals surface area contributed by atoms with E-state index in [1.165, 1.54) is 25.7 Å². The predicted octanol–water partition coefficient (Wildman–Crippen LogP) is 2.35. The van der Waals surface area contributed by atoms with Crippen LogP contribution in [0.5, 0.6) is 5.75 Å². The zero-order chi connectivity index (χ0) is 15.6. The van der Waals surface area contributed by atoms with Crippen molar-refractivity contribution in [1.82, 2.24) is 5.32 Å². The lowest BCUT2D eigenvalue weighted by Gasteiger charge is -2.10. The number of hydrogen-bond acceptors (Lipinski definition) is 3. The molecule has 0 aromatic heterocycles. The minimum atomic E-state index is -1.01. The molecule has 5 heteroatoms. The highest BCUT2D eigenvalue weighted by atomic mass is 16.5. The molecule has 0 bridgehead atoms. The zero-order valence-corrected chi connectivity index (χ0v) is 12.5. The van der Waals surface area contributed by atoms with Gasteiger partial charge in [-0.05, 0) is 42.4 Å². The summed E-state index contributed by atoms with van der Waals surface area (Å²) < 4.78 is 5.14. The Balaban J connectivity index is 1.50. The summed E-state index contributed by atoms with van der Waals surface area (Å²) >= 11 is 0. The third kappa shape index (κ3) is 3.24. The second-order valence-electron chi connectivity index (χ2n) is 6.37. The van der Waals surface area contributed by atoms with Gasteiger partial charge in [-0.3, -0.25) is 4.79 Å². The summed E-state index contributed by atoms with van der Waals surface area (Å²) in [4.78, 5) is 22.7. The van der Waals surface area contributed by atoms with Crippen LogP contribution in [0.25, 0.3) is 0 Å². The van der Waals surface area contributed by atoms with Gasteiger partial charge in [0, 0.05) is 12.5 Å². The van der Waals surface area contributed by atoms with Crippen molar-refractivity contribution in [3.63, 3.8) is 0 Å². The van der Waals surface area contributed by atoms with E-state index in [2.05, 4.69) is 5.32 Å². The molecule has 1 spiro atoms. The molecule has 2 aliphatic rings. The molecule has 1 aromatic rings. The van der Waals surface area contributed by atoms with Gasteiger partial charge in [0.1, 0.15) is 5.75 Å². The van der Waals surface area contributed by atoms with Gasteiger partial charge in [0.05, 0.1) is 0 Å². The molecule has 2 saturated carbocycles. The number of carboxylic acids is 1. The normalized spacial score (nSPS) is 21.5. The zero-order valence-electron chi connectivity index (χ0n) is 12.5. The lowest BCUT2D eigenvalue weighted by Crippen LogP contribution is -2.26.